The average Bonchev–Trinajstić information content (AvgIpc) is 2.45. The van der Waals surface area contributed by atoms with Crippen LogP contribution in [0, 0.1) is 28.8 Å². The van der Waals surface area contributed by atoms with E-state index < -0.39 is 28.9 Å². The molecule has 2 aromatic carbocycles. The Hall–Kier alpha value is -2.81. The first-order valence-electron chi connectivity index (χ1n) is 5.87. The van der Waals surface area contributed by atoms with Crippen molar-refractivity contribution in [2.24, 2.45) is 0 Å². The van der Waals surface area contributed by atoms with Gasteiger partial charge >= 0.3 is 0 Å². The summed E-state index contributed by atoms with van der Waals surface area (Å²) in [5.41, 5.74) is -0.0934. The zero-order valence-corrected chi connectivity index (χ0v) is 10.9. The lowest BCUT2D eigenvalue weighted by atomic mass is 10.1. The molecule has 0 heterocycles. The lowest BCUT2D eigenvalue weighted by molar-refractivity contribution is 0.0985. The Balaban J connectivity index is 2.37. The summed E-state index contributed by atoms with van der Waals surface area (Å²) in [5, 5.41) is 8.69. The third-order valence-electron chi connectivity index (χ3n) is 2.91. The molecule has 0 saturated carbocycles. The van der Waals surface area contributed by atoms with Gasteiger partial charge in [-0.05, 0) is 24.3 Å². The minimum Gasteiger partial charge on any atom is -0.311 e. The Bertz CT molecular complexity index is 713. The predicted octanol–water partition coefficient (Wildman–Crippen LogP) is 3.25. The Labute approximate surface area is 118 Å². The average molecular weight is 290 g/mol. The monoisotopic (exact) mass is 290 g/mol. The fraction of sp³-hybridized carbons (Fsp3) is 0.0667. The van der Waals surface area contributed by atoms with Gasteiger partial charge in [0.25, 0.3) is 5.91 Å². The van der Waals surface area contributed by atoms with Crippen LogP contribution in [0.15, 0.2) is 36.4 Å². The zero-order chi connectivity index (χ0) is 15.6. The fourth-order valence-corrected chi connectivity index (χ4v) is 1.79. The van der Waals surface area contributed by atoms with Crippen molar-refractivity contribution in [1.82, 2.24) is 0 Å². The molecule has 0 spiro atoms. The maximum atomic E-state index is 13.6. The SMILES string of the molecule is CN(C(=O)c1c(F)cc(F)cc1F)c1ccc(C#N)cc1. The third kappa shape index (κ3) is 2.87. The molecule has 0 saturated heterocycles. The second-order valence-corrected chi connectivity index (χ2v) is 4.27. The van der Waals surface area contributed by atoms with E-state index >= 15 is 0 Å². The van der Waals surface area contributed by atoms with Gasteiger partial charge in [0.05, 0.1) is 11.6 Å². The molecule has 0 aliphatic heterocycles. The van der Waals surface area contributed by atoms with Crippen molar-refractivity contribution in [2.45, 2.75) is 0 Å². The molecular formula is C15H9F3N2O. The largest absolute Gasteiger partial charge is 0.311 e. The molecule has 0 aliphatic carbocycles. The number of amides is 1. The van der Waals surface area contributed by atoms with Crippen LogP contribution in [0.3, 0.4) is 0 Å². The summed E-state index contributed by atoms with van der Waals surface area (Å²) in [5.74, 6) is -4.58. The molecule has 0 fully saturated rings. The van der Waals surface area contributed by atoms with E-state index in [2.05, 4.69) is 0 Å². The highest BCUT2D eigenvalue weighted by Gasteiger charge is 2.23. The molecule has 3 nitrogen and oxygen atoms in total. The molecule has 1 amide bonds. The Kier molecular flexibility index (Phi) is 3.94. The maximum Gasteiger partial charge on any atom is 0.263 e. The summed E-state index contributed by atoms with van der Waals surface area (Å²) < 4.78 is 40.0. The van der Waals surface area contributed by atoms with E-state index in [1.807, 2.05) is 6.07 Å². The molecule has 0 bridgehead atoms. The van der Waals surface area contributed by atoms with E-state index in [0.29, 0.717) is 23.4 Å². The molecule has 0 N–H and O–H groups in total. The van der Waals surface area contributed by atoms with Crippen LogP contribution in [0.5, 0.6) is 0 Å². The van der Waals surface area contributed by atoms with Crippen molar-refractivity contribution in [1.29, 1.82) is 5.26 Å². The maximum absolute atomic E-state index is 13.6. The van der Waals surface area contributed by atoms with Gasteiger partial charge < -0.3 is 4.90 Å². The van der Waals surface area contributed by atoms with Gasteiger partial charge in [-0.2, -0.15) is 5.26 Å². The van der Waals surface area contributed by atoms with E-state index in [0.717, 1.165) is 4.90 Å². The van der Waals surface area contributed by atoms with Crippen LogP contribution in [0.25, 0.3) is 0 Å². The number of carbonyl (C=O) groups excluding carboxylic acids is 1. The highest BCUT2D eigenvalue weighted by Crippen LogP contribution is 2.20. The molecule has 0 unspecified atom stereocenters. The molecular weight excluding hydrogens is 281 g/mol. The lowest BCUT2D eigenvalue weighted by Crippen LogP contribution is -2.28. The molecule has 0 aromatic heterocycles. The Morgan fingerprint density at radius 2 is 1.62 bits per heavy atom. The van der Waals surface area contributed by atoms with Gasteiger partial charge in [0.1, 0.15) is 23.0 Å². The summed E-state index contributed by atoms with van der Waals surface area (Å²) >= 11 is 0. The second kappa shape index (κ2) is 5.67. The zero-order valence-electron chi connectivity index (χ0n) is 10.9. The number of halogens is 3. The topological polar surface area (TPSA) is 44.1 Å². The van der Waals surface area contributed by atoms with E-state index in [4.69, 9.17) is 5.26 Å². The number of hydrogen-bond acceptors (Lipinski definition) is 2. The number of rotatable bonds is 2. The number of nitrogens with zero attached hydrogens (tertiary/aromatic N) is 2. The molecule has 2 aromatic rings. The Morgan fingerprint density at radius 1 is 1.10 bits per heavy atom. The summed E-state index contributed by atoms with van der Waals surface area (Å²) in [6, 6.07) is 8.68. The normalized spacial score (nSPS) is 10.0. The Morgan fingerprint density at radius 3 is 2.10 bits per heavy atom. The van der Waals surface area contributed by atoms with Crippen LogP contribution in [0.4, 0.5) is 18.9 Å². The molecule has 106 valence electrons. The van der Waals surface area contributed by atoms with E-state index in [-0.39, 0.29) is 0 Å². The first-order chi connectivity index (χ1) is 9.93. The minimum atomic E-state index is -1.27. The van der Waals surface area contributed by atoms with Crippen molar-refractivity contribution in [3.05, 3.63) is 65.0 Å². The number of hydrogen-bond donors (Lipinski definition) is 0. The van der Waals surface area contributed by atoms with Crippen LogP contribution in [-0.2, 0) is 0 Å². The first kappa shape index (κ1) is 14.6. The molecule has 21 heavy (non-hydrogen) atoms. The highest BCUT2D eigenvalue weighted by molar-refractivity contribution is 6.06. The smallest absolute Gasteiger partial charge is 0.263 e. The van der Waals surface area contributed by atoms with Crippen molar-refractivity contribution in [3.8, 4) is 6.07 Å². The van der Waals surface area contributed by atoms with E-state index in [1.165, 1.54) is 31.3 Å². The lowest BCUT2D eigenvalue weighted by Gasteiger charge is -2.18. The minimum absolute atomic E-state index is 0.349. The van der Waals surface area contributed by atoms with Crippen LogP contribution >= 0.6 is 0 Å². The van der Waals surface area contributed by atoms with Crippen LogP contribution < -0.4 is 4.90 Å². The van der Waals surface area contributed by atoms with Crippen molar-refractivity contribution < 1.29 is 18.0 Å². The quantitative estimate of drug-likeness (QED) is 0.852. The van der Waals surface area contributed by atoms with E-state index in [1.54, 1.807) is 0 Å². The number of carbonyl (C=O) groups is 1. The predicted molar refractivity (Wildman–Crippen MR) is 70.2 cm³/mol. The standard InChI is InChI=1S/C15H9F3N2O/c1-20(11-4-2-9(8-19)3-5-11)15(21)14-12(17)6-10(16)7-13(14)18/h2-7H,1H3. The number of anilines is 1. The van der Waals surface area contributed by atoms with Gasteiger partial charge in [0.2, 0.25) is 0 Å². The number of nitriles is 1. The van der Waals surface area contributed by atoms with Crippen molar-refractivity contribution >= 4 is 11.6 Å². The van der Waals surface area contributed by atoms with Gasteiger partial charge in [-0.25, -0.2) is 13.2 Å². The molecule has 2 rings (SSSR count). The van der Waals surface area contributed by atoms with Gasteiger partial charge in [0, 0.05) is 24.9 Å². The molecule has 0 radical (unpaired) electrons. The number of benzene rings is 2. The summed E-state index contributed by atoms with van der Waals surface area (Å²) in [7, 11) is 1.33. The highest BCUT2D eigenvalue weighted by atomic mass is 19.1. The van der Waals surface area contributed by atoms with Gasteiger partial charge in [0.15, 0.2) is 0 Å². The van der Waals surface area contributed by atoms with Gasteiger partial charge in [-0.1, -0.05) is 0 Å². The van der Waals surface area contributed by atoms with Crippen LogP contribution in [0.1, 0.15) is 15.9 Å². The summed E-state index contributed by atoms with van der Waals surface area (Å²) in [6.07, 6.45) is 0. The van der Waals surface area contributed by atoms with Gasteiger partial charge in [-0.15, -0.1) is 0 Å². The van der Waals surface area contributed by atoms with Crippen molar-refractivity contribution in [2.75, 3.05) is 11.9 Å². The second-order valence-electron chi connectivity index (χ2n) is 4.27. The first-order valence-corrected chi connectivity index (χ1v) is 5.87. The van der Waals surface area contributed by atoms with Gasteiger partial charge in [-0.3, -0.25) is 4.79 Å². The fourth-order valence-electron chi connectivity index (χ4n) is 1.79. The molecule has 6 heteroatoms. The third-order valence-corrected chi connectivity index (χ3v) is 2.91. The molecule has 0 aliphatic rings. The summed E-state index contributed by atoms with van der Waals surface area (Å²) in [4.78, 5) is 13.1. The van der Waals surface area contributed by atoms with Crippen LogP contribution in [0.2, 0.25) is 0 Å². The van der Waals surface area contributed by atoms with Crippen molar-refractivity contribution in [3.63, 3.8) is 0 Å². The molecule has 0 atom stereocenters. The summed E-state index contributed by atoms with van der Waals surface area (Å²) in [6.45, 7) is 0. The van der Waals surface area contributed by atoms with E-state index in [9.17, 15) is 18.0 Å². The van der Waals surface area contributed by atoms with Crippen LogP contribution in [-0.4, -0.2) is 13.0 Å².